The second kappa shape index (κ2) is 12.7. The van der Waals surface area contributed by atoms with E-state index in [4.69, 9.17) is 15.9 Å². The molecule has 0 bridgehead atoms. The van der Waals surface area contributed by atoms with E-state index in [0.29, 0.717) is 5.57 Å². The highest BCUT2D eigenvalue weighted by molar-refractivity contribution is 6.01. The molecule has 1 N–H and O–H groups in total. The van der Waals surface area contributed by atoms with Crippen molar-refractivity contribution in [3.8, 4) is 12.3 Å². The Morgan fingerprint density at radius 2 is 1.46 bits per heavy atom. The molecule has 0 radical (unpaired) electrons. The maximum atomic E-state index is 13.7. The number of β-lactam (4-membered cyclic amide) rings is 1. The molecule has 1 fully saturated rings. The summed E-state index contributed by atoms with van der Waals surface area (Å²) in [7, 11) is 0. The van der Waals surface area contributed by atoms with Crippen molar-refractivity contribution in [2.24, 2.45) is 0 Å². The van der Waals surface area contributed by atoms with Crippen LogP contribution < -0.4 is 5.32 Å². The van der Waals surface area contributed by atoms with Crippen molar-refractivity contribution in [3.05, 3.63) is 119 Å². The van der Waals surface area contributed by atoms with Crippen LogP contribution >= 0.6 is 0 Å². The van der Waals surface area contributed by atoms with Crippen molar-refractivity contribution < 1.29 is 23.9 Å². The summed E-state index contributed by atoms with van der Waals surface area (Å²) in [6.45, 7) is 3.31. The summed E-state index contributed by atoms with van der Waals surface area (Å²) in [5.74, 6) is 0.865. The zero-order valence-electron chi connectivity index (χ0n) is 21.9. The van der Waals surface area contributed by atoms with Gasteiger partial charge in [0.15, 0.2) is 18.4 Å². The molecule has 1 aliphatic rings. The number of likely N-dealkylation sites (tertiary alicyclic amines) is 1. The second-order valence-corrected chi connectivity index (χ2v) is 9.28. The van der Waals surface area contributed by atoms with Gasteiger partial charge in [0.1, 0.15) is 12.3 Å². The van der Waals surface area contributed by atoms with Gasteiger partial charge in [-0.2, -0.15) is 0 Å². The standard InChI is InChI=1S/C32H30N2O5/c1-4-20-38-31-27(33-26(35)21-23-14-8-5-9-15-23)30(36)34(31)28(22(2)3)32(37)39-29(24-16-10-6-11-17-24)25-18-12-7-13-19-25/h1,5-19,27,29,31H,20-21H2,2-3H3,(H,33,35)/t27-,31+/m1/s1. The first kappa shape index (κ1) is 27.4. The topological polar surface area (TPSA) is 84.9 Å². The molecule has 0 aromatic heterocycles. The molecule has 0 spiro atoms. The number of esters is 1. The number of rotatable bonds is 10. The molecule has 0 saturated carbocycles. The minimum atomic E-state index is -0.990. The molecule has 2 amide bonds. The van der Waals surface area contributed by atoms with E-state index >= 15 is 0 Å². The Morgan fingerprint density at radius 3 is 1.97 bits per heavy atom. The molecule has 1 aliphatic heterocycles. The number of nitrogens with zero attached hydrogens (tertiary/aromatic N) is 1. The minimum absolute atomic E-state index is 0.0486. The number of carbonyl (C=O) groups is 3. The van der Waals surface area contributed by atoms with Crippen LogP contribution in [0, 0.1) is 12.3 Å². The van der Waals surface area contributed by atoms with Gasteiger partial charge in [-0.15, -0.1) is 6.42 Å². The van der Waals surface area contributed by atoms with Gasteiger partial charge >= 0.3 is 5.97 Å². The summed E-state index contributed by atoms with van der Waals surface area (Å²) in [4.78, 5) is 40.9. The van der Waals surface area contributed by atoms with E-state index in [0.717, 1.165) is 16.7 Å². The Balaban J connectivity index is 1.56. The van der Waals surface area contributed by atoms with Crippen LogP contribution in [0.5, 0.6) is 0 Å². The van der Waals surface area contributed by atoms with E-state index in [1.807, 2.05) is 91.0 Å². The van der Waals surface area contributed by atoms with Gasteiger partial charge in [-0.3, -0.25) is 14.5 Å². The molecule has 1 saturated heterocycles. The molecule has 39 heavy (non-hydrogen) atoms. The molecular weight excluding hydrogens is 492 g/mol. The van der Waals surface area contributed by atoms with Crippen LogP contribution in [0.4, 0.5) is 0 Å². The van der Waals surface area contributed by atoms with Crippen LogP contribution in [0.2, 0.25) is 0 Å². The van der Waals surface area contributed by atoms with Crippen LogP contribution in [-0.2, 0) is 30.3 Å². The predicted octanol–water partition coefficient (Wildman–Crippen LogP) is 4.16. The second-order valence-electron chi connectivity index (χ2n) is 9.28. The van der Waals surface area contributed by atoms with Gasteiger partial charge in [-0.1, -0.05) is 96.9 Å². The summed E-state index contributed by atoms with van der Waals surface area (Å²) in [6.07, 6.45) is 3.84. The lowest BCUT2D eigenvalue weighted by Crippen LogP contribution is -2.71. The average molecular weight is 523 g/mol. The summed E-state index contributed by atoms with van der Waals surface area (Å²) in [6, 6.07) is 26.9. The lowest BCUT2D eigenvalue weighted by molar-refractivity contribution is -0.180. The molecule has 0 aliphatic carbocycles. The zero-order valence-corrected chi connectivity index (χ0v) is 21.9. The number of allylic oxidation sites excluding steroid dienone is 1. The van der Waals surface area contributed by atoms with E-state index < -0.39 is 30.3 Å². The fraction of sp³-hybridized carbons (Fsp3) is 0.219. The third-order valence-electron chi connectivity index (χ3n) is 6.24. The highest BCUT2D eigenvalue weighted by atomic mass is 16.5. The SMILES string of the molecule is C#CCO[C@H]1[C@H](NC(=O)Cc2ccccc2)C(=O)N1C(C(=O)OC(c1ccccc1)c1ccccc1)=C(C)C. The number of ether oxygens (including phenoxy) is 2. The highest BCUT2D eigenvalue weighted by Crippen LogP contribution is 2.32. The van der Waals surface area contributed by atoms with Gasteiger partial charge < -0.3 is 14.8 Å². The van der Waals surface area contributed by atoms with Gasteiger partial charge in [0, 0.05) is 0 Å². The summed E-state index contributed by atoms with van der Waals surface area (Å²) in [5, 5.41) is 2.73. The first-order chi connectivity index (χ1) is 18.9. The van der Waals surface area contributed by atoms with E-state index in [1.54, 1.807) is 13.8 Å². The Labute approximate surface area is 228 Å². The molecule has 7 heteroatoms. The molecule has 2 atom stereocenters. The largest absolute Gasteiger partial charge is 0.448 e. The van der Waals surface area contributed by atoms with Crippen LogP contribution in [0.25, 0.3) is 0 Å². The molecule has 3 aromatic rings. The Bertz CT molecular complexity index is 1340. The Kier molecular flexibility index (Phi) is 8.93. The number of hydrogen-bond donors (Lipinski definition) is 1. The van der Waals surface area contributed by atoms with Crippen LogP contribution in [0.15, 0.2) is 102 Å². The third-order valence-corrected chi connectivity index (χ3v) is 6.24. The Hall–Kier alpha value is -4.67. The van der Waals surface area contributed by atoms with E-state index in [1.165, 1.54) is 4.90 Å². The van der Waals surface area contributed by atoms with E-state index in [2.05, 4.69) is 11.2 Å². The van der Waals surface area contributed by atoms with Crippen molar-refractivity contribution in [2.75, 3.05) is 6.61 Å². The zero-order chi connectivity index (χ0) is 27.8. The van der Waals surface area contributed by atoms with Crippen LogP contribution in [-0.4, -0.2) is 41.6 Å². The first-order valence-electron chi connectivity index (χ1n) is 12.6. The maximum absolute atomic E-state index is 13.7. The van der Waals surface area contributed by atoms with Crippen molar-refractivity contribution in [1.82, 2.24) is 10.2 Å². The summed E-state index contributed by atoms with van der Waals surface area (Å²) in [5.41, 5.74) is 2.97. The van der Waals surface area contributed by atoms with Crippen molar-refractivity contribution in [2.45, 2.75) is 38.6 Å². The fourth-order valence-corrected chi connectivity index (χ4v) is 4.44. The molecule has 4 rings (SSSR count). The number of benzene rings is 3. The minimum Gasteiger partial charge on any atom is -0.448 e. The number of amides is 2. The number of terminal acetylenes is 1. The van der Waals surface area contributed by atoms with Crippen LogP contribution in [0.3, 0.4) is 0 Å². The van der Waals surface area contributed by atoms with E-state index in [9.17, 15) is 14.4 Å². The third kappa shape index (κ3) is 6.43. The Morgan fingerprint density at radius 1 is 0.923 bits per heavy atom. The smallest absolute Gasteiger partial charge is 0.356 e. The maximum Gasteiger partial charge on any atom is 0.356 e. The predicted molar refractivity (Wildman–Crippen MR) is 147 cm³/mol. The molecule has 198 valence electrons. The number of carbonyl (C=O) groups excluding carboxylic acids is 3. The molecule has 0 unspecified atom stereocenters. The molecular formula is C32H30N2O5. The van der Waals surface area contributed by atoms with Crippen molar-refractivity contribution >= 4 is 17.8 Å². The fourth-order valence-electron chi connectivity index (χ4n) is 4.44. The van der Waals surface area contributed by atoms with Gasteiger partial charge in [-0.25, -0.2) is 4.79 Å². The highest BCUT2D eigenvalue weighted by Gasteiger charge is 2.53. The lowest BCUT2D eigenvalue weighted by atomic mass is 9.99. The van der Waals surface area contributed by atoms with Crippen LogP contribution in [0.1, 0.15) is 36.6 Å². The average Bonchev–Trinajstić information content (AvgIpc) is 2.95. The van der Waals surface area contributed by atoms with Gasteiger partial charge in [0.2, 0.25) is 5.91 Å². The quantitative estimate of drug-likeness (QED) is 0.187. The molecule has 7 nitrogen and oxygen atoms in total. The lowest BCUT2D eigenvalue weighted by Gasteiger charge is -2.46. The van der Waals surface area contributed by atoms with Gasteiger partial charge in [-0.05, 0) is 36.1 Å². The molecule has 1 heterocycles. The van der Waals surface area contributed by atoms with E-state index in [-0.39, 0.29) is 24.6 Å². The van der Waals surface area contributed by atoms with Gasteiger partial charge in [0.05, 0.1) is 6.42 Å². The molecule has 3 aromatic carbocycles. The monoisotopic (exact) mass is 522 g/mol. The summed E-state index contributed by atoms with van der Waals surface area (Å²) < 4.78 is 11.8. The first-order valence-corrected chi connectivity index (χ1v) is 12.6. The van der Waals surface area contributed by atoms with Crippen molar-refractivity contribution in [3.63, 3.8) is 0 Å². The number of nitrogens with one attached hydrogen (secondary N) is 1. The van der Waals surface area contributed by atoms with Crippen molar-refractivity contribution in [1.29, 1.82) is 0 Å². The normalized spacial score (nSPS) is 16.2. The summed E-state index contributed by atoms with van der Waals surface area (Å²) >= 11 is 0. The number of hydrogen-bond acceptors (Lipinski definition) is 5. The van der Waals surface area contributed by atoms with Gasteiger partial charge in [0.25, 0.3) is 5.91 Å².